The number of aliphatic hydroxyl groups is 2. The topological polar surface area (TPSA) is 121 Å². The molecule has 1 aromatic heterocycles. The van der Waals surface area contributed by atoms with Gasteiger partial charge in [0, 0.05) is 18.3 Å². The zero-order valence-corrected chi connectivity index (χ0v) is 14.3. The third kappa shape index (κ3) is 5.61. The summed E-state index contributed by atoms with van der Waals surface area (Å²) in [5.41, 5.74) is 1.31. The summed E-state index contributed by atoms with van der Waals surface area (Å²) in [6.07, 6.45) is -1.87. The number of aliphatic hydroxyl groups excluding tert-OH is 2. The van der Waals surface area contributed by atoms with E-state index in [2.05, 4.69) is 10.3 Å². The van der Waals surface area contributed by atoms with Crippen molar-refractivity contribution in [3.05, 3.63) is 59.4 Å². The monoisotopic (exact) mass is 362 g/mol. The molecule has 2 atom stereocenters. The second kappa shape index (κ2) is 9.59. The molecule has 26 heavy (non-hydrogen) atoms. The van der Waals surface area contributed by atoms with Gasteiger partial charge in [-0.1, -0.05) is 30.3 Å². The summed E-state index contributed by atoms with van der Waals surface area (Å²) >= 11 is 0. The lowest BCUT2D eigenvalue weighted by Gasteiger charge is -2.17. The van der Waals surface area contributed by atoms with Crippen molar-refractivity contribution in [2.75, 3.05) is 13.2 Å². The molecular weight excluding hydrogens is 340 g/mol. The van der Waals surface area contributed by atoms with Gasteiger partial charge in [0.25, 0.3) is 0 Å². The lowest BCUT2D eigenvalue weighted by atomic mass is 10.1. The Kier molecular flexibility index (Phi) is 7.19. The molecule has 1 aromatic carbocycles. The van der Waals surface area contributed by atoms with Crippen LogP contribution >= 0.6 is 0 Å². The Morgan fingerprint density at radius 2 is 1.92 bits per heavy atom. The fourth-order valence-corrected chi connectivity index (χ4v) is 2.20. The minimum absolute atomic E-state index is 0.103. The second-order valence-electron chi connectivity index (χ2n) is 5.52. The summed E-state index contributed by atoms with van der Waals surface area (Å²) in [5, 5.41) is 22.5. The van der Waals surface area contributed by atoms with Crippen LogP contribution in [0.1, 0.15) is 34.6 Å². The minimum atomic E-state index is -1.29. The van der Waals surface area contributed by atoms with E-state index >= 15 is 0 Å². The Hall–Kier alpha value is -2.84. The molecule has 1 amide bonds. The largest absolute Gasteiger partial charge is 0.461 e. The van der Waals surface area contributed by atoms with E-state index in [1.54, 1.807) is 6.92 Å². The number of amides is 1. The van der Waals surface area contributed by atoms with Gasteiger partial charge >= 0.3 is 12.1 Å². The maximum absolute atomic E-state index is 11.7. The van der Waals surface area contributed by atoms with E-state index in [-0.39, 0.29) is 25.5 Å². The highest BCUT2D eigenvalue weighted by molar-refractivity contribution is 5.87. The molecule has 1 heterocycles. The molecule has 0 fully saturated rings. The molecule has 0 bridgehead atoms. The van der Waals surface area contributed by atoms with Gasteiger partial charge in [-0.3, -0.25) is 0 Å². The molecule has 0 saturated carbocycles. The number of esters is 1. The van der Waals surface area contributed by atoms with Crippen LogP contribution in [0.25, 0.3) is 0 Å². The summed E-state index contributed by atoms with van der Waals surface area (Å²) in [4.78, 5) is 25.9. The number of nitrogens with one attached hydrogen (secondary N) is 2. The van der Waals surface area contributed by atoms with Crippen molar-refractivity contribution < 1.29 is 29.3 Å². The minimum Gasteiger partial charge on any atom is -0.461 e. The Balaban J connectivity index is 1.78. The molecule has 0 aliphatic carbocycles. The van der Waals surface area contributed by atoms with Crippen LogP contribution in [-0.4, -0.2) is 46.5 Å². The van der Waals surface area contributed by atoms with E-state index in [4.69, 9.17) is 9.47 Å². The van der Waals surface area contributed by atoms with Crippen molar-refractivity contribution in [2.24, 2.45) is 0 Å². The maximum Gasteiger partial charge on any atom is 0.407 e. The van der Waals surface area contributed by atoms with E-state index in [9.17, 15) is 19.8 Å². The standard InChI is InChI=1S/C18H22N2O6/c1-2-25-17(23)14-8-13(9-19-14)16(22)15(21)10-20-18(24)26-11-12-6-4-3-5-7-12/h3-9,15-16,19,21-22H,2,10-11H2,1H3,(H,20,24). The van der Waals surface area contributed by atoms with Crippen LogP contribution in [-0.2, 0) is 16.1 Å². The Morgan fingerprint density at radius 3 is 2.62 bits per heavy atom. The van der Waals surface area contributed by atoms with Crippen LogP contribution in [0.3, 0.4) is 0 Å². The summed E-state index contributed by atoms with van der Waals surface area (Å²) in [5.74, 6) is -0.553. The molecule has 8 heteroatoms. The number of rotatable bonds is 8. The van der Waals surface area contributed by atoms with Gasteiger partial charge in [0.05, 0.1) is 6.61 Å². The fraction of sp³-hybridized carbons (Fsp3) is 0.333. The summed E-state index contributed by atoms with van der Waals surface area (Å²) in [6, 6.07) is 10.5. The van der Waals surface area contributed by atoms with Crippen LogP contribution in [0, 0.1) is 0 Å². The van der Waals surface area contributed by atoms with Gasteiger partial charge in [-0.15, -0.1) is 0 Å². The zero-order valence-electron chi connectivity index (χ0n) is 14.3. The molecule has 140 valence electrons. The highest BCUT2D eigenvalue weighted by Crippen LogP contribution is 2.18. The average molecular weight is 362 g/mol. The van der Waals surface area contributed by atoms with Crippen molar-refractivity contribution >= 4 is 12.1 Å². The summed E-state index contributed by atoms with van der Waals surface area (Å²) in [6.45, 7) is 1.80. The SMILES string of the molecule is CCOC(=O)c1cc(C(O)C(O)CNC(=O)OCc2ccccc2)c[nH]1. The van der Waals surface area contributed by atoms with Gasteiger partial charge in [0.1, 0.15) is 24.5 Å². The molecular formula is C18H22N2O6. The Morgan fingerprint density at radius 1 is 1.19 bits per heavy atom. The van der Waals surface area contributed by atoms with E-state index in [1.165, 1.54) is 12.3 Å². The molecule has 2 unspecified atom stereocenters. The Bertz CT molecular complexity index is 715. The predicted molar refractivity (Wildman–Crippen MR) is 92.3 cm³/mol. The zero-order chi connectivity index (χ0) is 18.9. The average Bonchev–Trinajstić information content (AvgIpc) is 3.15. The molecule has 0 aliphatic heterocycles. The number of carbonyl (C=O) groups is 2. The van der Waals surface area contributed by atoms with Crippen LogP contribution < -0.4 is 5.32 Å². The predicted octanol–water partition coefficient (Wildman–Crippen LogP) is 1.51. The van der Waals surface area contributed by atoms with Crippen LogP contribution in [0.5, 0.6) is 0 Å². The molecule has 0 spiro atoms. The summed E-state index contributed by atoms with van der Waals surface area (Å²) < 4.78 is 9.85. The van der Waals surface area contributed by atoms with Gasteiger partial charge in [0.2, 0.25) is 0 Å². The van der Waals surface area contributed by atoms with Crippen molar-refractivity contribution in [1.82, 2.24) is 10.3 Å². The van der Waals surface area contributed by atoms with Crippen molar-refractivity contribution in [3.63, 3.8) is 0 Å². The number of carbonyl (C=O) groups excluding carboxylic acids is 2. The number of hydrogen-bond acceptors (Lipinski definition) is 6. The van der Waals surface area contributed by atoms with Crippen LogP contribution in [0.4, 0.5) is 4.79 Å². The lowest BCUT2D eigenvalue weighted by Crippen LogP contribution is -2.35. The third-order valence-electron chi connectivity index (χ3n) is 3.57. The van der Waals surface area contributed by atoms with Crippen molar-refractivity contribution in [3.8, 4) is 0 Å². The van der Waals surface area contributed by atoms with Gasteiger partial charge in [-0.25, -0.2) is 9.59 Å². The highest BCUT2D eigenvalue weighted by Gasteiger charge is 2.22. The van der Waals surface area contributed by atoms with Gasteiger partial charge < -0.3 is 30.0 Å². The van der Waals surface area contributed by atoms with E-state index < -0.39 is 24.3 Å². The van der Waals surface area contributed by atoms with Gasteiger partial charge in [-0.2, -0.15) is 0 Å². The van der Waals surface area contributed by atoms with Gasteiger partial charge in [0.15, 0.2) is 0 Å². The first-order chi connectivity index (χ1) is 12.5. The lowest BCUT2D eigenvalue weighted by molar-refractivity contribution is 0.0184. The molecule has 0 radical (unpaired) electrons. The van der Waals surface area contributed by atoms with E-state index in [0.717, 1.165) is 5.56 Å². The summed E-state index contributed by atoms with van der Waals surface area (Å²) in [7, 11) is 0. The number of H-pyrrole nitrogens is 1. The van der Waals surface area contributed by atoms with Gasteiger partial charge in [-0.05, 0) is 18.6 Å². The maximum atomic E-state index is 11.7. The van der Waals surface area contributed by atoms with E-state index in [1.807, 2.05) is 30.3 Å². The second-order valence-corrected chi connectivity index (χ2v) is 5.52. The molecule has 0 saturated heterocycles. The normalized spacial score (nSPS) is 12.9. The molecule has 0 aliphatic rings. The third-order valence-corrected chi connectivity index (χ3v) is 3.57. The number of benzene rings is 1. The first kappa shape index (κ1) is 19.5. The first-order valence-electron chi connectivity index (χ1n) is 8.17. The Labute approximate surface area is 150 Å². The van der Waals surface area contributed by atoms with Crippen LogP contribution in [0.2, 0.25) is 0 Å². The number of aromatic amines is 1. The first-order valence-corrected chi connectivity index (χ1v) is 8.17. The number of ether oxygens (including phenoxy) is 2. The number of aromatic nitrogens is 1. The highest BCUT2D eigenvalue weighted by atomic mass is 16.5. The molecule has 4 N–H and O–H groups in total. The molecule has 2 rings (SSSR count). The quantitative estimate of drug-likeness (QED) is 0.528. The fourth-order valence-electron chi connectivity index (χ4n) is 2.20. The van der Waals surface area contributed by atoms with Crippen LogP contribution in [0.15, 0.2) is 42.6 Å². The van der Waals surface area contributed by atoms with Crippen molar-refractivity contribution in [2.45, 2.75) is 25.7 Å². The number of hydrogen-bond donors (Lipinski definition) is 4. The molecule has 8 nitrogen and oxygen atoms in total. The molecule has 2 aromatic rings. The smallest absolute Gasteiger partial charge is 0.407 e. The van der Waals surface area contributed by atoms with E-state index in [0.29, 0.717) is 5.56 Å². The van der Waals surface area contributed by atoms with Crippen molar-refractivity contribution in [1.29, 1.82) is 0 Å². The number of alkyl carbamates (subject to hydrolysis) is 1.